The lowest BCUT2D eigenvalue weighted by Crippen LogP contribution is -2.34. The average molecular weight is 251 g/mol. The molecule has 0 aliphatic heterocycles. The summed E-state index contributed by atoms with van der Waals surface area (Å²) in [4.78, 5) is 21.2. The van der Waals surface area contributed by atoms with Gasteiger partial charge in [0.1, 0.15) is 18.7 Å². The number of nitrogens with zero attached hydrogens (tertiary/aromatic N) is 3. The fourth-order valence-electron chi connectivity index (χ4n) is 2.24. The summed E-state index contributed by atoms with van der Waals surface area (Å²) in [6.45, 7) is 0.936. The predicted octanol–water partition coefficient (Wildman–Crippen LogP) is 0.503. The summed E-state index contributed by atoms with van der Waals surface area (Å²) in [5.74, 6) is -0.117. The molecule has 1 heterocycles. The molecule has 18 heavy (non-hydrogen) atoms. The molecule has 1 aliphatic carbocycles. The summed E-state index contributed by atoms with van der Waals surface area (Å²) in [6.07, 6.45) is 4.46. The molecule has 1 aliphatic rings. The Morgan fingerprint density at radius 3 is 3.06 bits per heavy atom. The molecular formula is C12H17N3O3. The van der Waals surface area contributed by atoms with Crippen molar-refractivity contribution in [1.29, 1.82) is 0 Å². The van der Waals surface area contributed by atoms with Gasteiger partial charge in [0.15, 0.2) is 0 Å². The number of fused-ring (bicyclic) bond motifs is 1. The number of aliphatic carboxylic acids is 1. The first-order valence-corrected chi connectivity index (χ1v) is 6.00. The van der Waals surface area contributed by atoms with Crippen LogP contribution in [0.25, 0.3) is 0 Å². The fraction of sp³-hybridized carbons (Fsp3) is 0.583. The molecule has 98 valence electrons. The fourth-order valence-corrected chi connectivity index (χ4v) is 2.24. The second-order valence-corrected chi connectivity index (χ2v) is 4.28. The van der Waals surface area contributed by atoms with Crippen molar-refractivity contribution in [1.82, 2.24) is 9.97 Å². The highest BCUT2D eigenvalue weighted by molar-refractivity contribution is 5.73. The van der Waals surface area contributed by atoms with E-state index in [4.69, 9.17) is 9.84 Å². The van der Waals surface area contributed by atoms with Crippen LogP contribution in [0.2, 0.25) is 0 Å². The third-order valence-electron chi connectivity index (χ3n) is 3.04. The van der Waals surface area contributed by atoms with Crippen molar-refractivity contribution < 1.29 is 14.6 Å². The highest BCUT2D eigenvalue weighted by Crippen LogP contribution is 2.27. The van der Waals surface area contributed by atoms with Crippen molar-refractivity contribution in [2.75, 3.05) is 31.7 Å². The molecular weight excluding hydrogens is 234 g/mol. The van der Waals surface area contributed by atoms with Crippen LogP contribution in [0, 0.1) is 0 Å². The van der Waals surface area contributed by atoms with E-state index in [1.165, 1.54) is 6.33 Å². The van der Waals surface area contributed by atoms with Gasteiger partial charge in [-0.1, -0.05) is 0 Å². The van der Waals surface area contributed by atoms with Crippen molar-refractivity contribution in [3.05, 3.63) is 17.6 Å². The van der Waals surface area contributed by atoms with E-state index in [1.54, 1.807) is 12.0 Å². The first-order valence-electron chi connectivity index (χ1n) is 6.00. The van der Waals surface area contributed by atoms with Gasteiger partial charge in [-0.05, 0) is 19.3 Å². The molecule has 0 amide bonds. The average Bonchev–Trinajstić information content (AvgIpc) is 2.82. The molecule has 0 aromatic carbocycles. The van der Waals surface area contributed by atoms with Crippen molar-refractivity contribution in [2.45, 2.75) is 19.3 Å². The smallest absolute Gasteiger partial charge is 0.323 e. The van der Waals surface area contributed by atoms with Gasteiger partial charge in [-0.25, -0.2) is 9.97 Å². The third kappa shape index (κ3) is 2.76. The van der Waals surface area contributed by atoms with Gasteiger partial charge >= 0.3 is 5.97 Å². The van der Waals surface area contributed by atoms with E-state index < -0.39 is 5.97 Å². The summed E-state index contributed by atoms with van der Waals surface area (Å²) in [5, 5.41) is 8.97. The Labute approximate surface area is 106 Å². The van der Waals surface area contributed by atoms with Gasteiger partial charge in [-0.15, -0.1) is 0 Å². The van der Waals surface area contributed by atoms with Gasteiger partial charge < -0.3 is 14.7 Å². The number of anilines is 1. The maximum absolute atomic E-state index is 10.9. The van der Waals surface area contributed by atoms with Crippen LogP contribution in [-0.2, 0) is 22.4 Å². The van der Waals surface area contributed by atoms with Crippen LogP contribution < -0.4 is 4.90 Å². The Bertz CT molecular complexity index is 437. The van der Waals surface area contributed by atoms with Crippen LogP contribution in [0.4, 0.5) is 5.82 Å². The number of hydrogen-bond donors (Lipinski definition) is 1. The molecule has 6 heteroatoms. The zero-order chi connectivity index (χ0) is 13.0. The molecule has 1 N–H and O–H groups in total. The molecule has 0 radical (unpaired) electrons. The van der Waals surface area contributed by atoms with E-state index in [-0.39, 0.29) is 6.54 Å². The van der Waals surface area contributed by atoms with Crippen LogP contribution in [0.5, 0.6) is 0 Å². The number of aromatic nitrogens is 2. The number of hydrogen-bond acceptors (Lipinski definition) is 5. The lowest BCUT2D eigenvalue weighted by atomic mass is 10.2. The standard InChI is InChI=1S/C12H17N3O3/c1-18-6-5-15(7-11(16)17)12-9-3-2-4-10(9)13-8-14-12/h8H,2-7H2,1H3,(H,16,17). The molecule has 2 rings (SSSR count). The van der Waals surface area contributed by atoms with Crippen LogP contribution >= 0.6 is 0 Å². The lowest BCUT2D eigenvalue weighted by molar-refractivity contribution is -0.135. The zero-order valence-electron chi connectivity index (χ0n) is 10.4. The summed E-state index contributed by atoms with van der Waals surface area (Å²) >= 11 is 0. The van der Waals surface area contributed by atoms with Crippen molar-refractivity contribution in [3.8, 4) is 0 Å². The second-order valence-electron chi connectivity index (χ2n) is 4.28. The van der Waals surface area contributed by atoms with Gasteiger partial charge in [0, 0.05) is 24.9 Å². The summed E-state index contributed by atoms with van der Waals surface area (Å²) in [5.41, 5.74) is 2.14. The molecule has 0 saturated heterocycles. The number of ether oxygens (including phenoxy) is 1. The van der Waals surface area contributed by atoms with Gasteiger partial charge in [0.2, 0.25) is 0 Å². The molecule has 1 aromatic heterocycles. The molecule has 0 atom stereocenters. The number of carboxylic acid groups (broad SMARTS) is 1. The number of carboxylic acids is 1. The van der Waals surface area contributed by atoms with E-state index in [2.05, 4.69) is 9.97 Å². The minimum absolute atomic E-state index is 0.0627. The monoisotopic (exact) mass is 251 g/mol. The first kappa shape index (κ1) is 12.8. The Balaban J connectivity index is 2.24. The maximum atomic E-state index is 10.9. The number of rotatable bonds is 6. The van der Waals surface area contributed by atoms with Crippen molar-refractivity contribution in [3.63, 3.8) is 0 Å². The Morgan fingerprint density at radius 2 is 2.33 bits per heavy atom. The molecule has 0 unspecified atom stereocenters. The predicted molar refractivity (Wildman–Crippen MR) is 65.8 cm³/mol. The number of carbonyl (C=O) groups is 1. The molecule has 0 spiro atoms. The molecule has 0 bridgehead atoms. The lowest BCUT2D eigenvalue weighted by Gasteiger charge is -2.23. The maximum Gasteiger partial charge on any atom is 0.323 e. The van der Waals surface area contributed by atoms with Crippen LogP contribution in [-0.4, -0.2) is 47.8 Å². The van der Waals surface area contributed by atoms with Crippen LogP contribution in [0.3, 0.4) is 0 Å². The third-order valence-corrected chi connectivity index (χ3v) is 3.04. The van der Waals surface area contributed by atoms with Crippen LogP contribution in [0.15, 0.2) is 6.33 Å². The molecule has 0 saturated carbocycles. The van der Waals surface area contributed by atoms with E-state index in [0.717, 1.165) is 36.3 Å². The molecule has 6 nitrogen and oxygen atoms in total. The highest BCUT2D eigenvalue weighted by atomic mass is 16.5. The molecule has 0 fully saturated rings. The van der Waals surface area contributed by atoms with Crippen molar-refractivity contribution >= 4 is 11.8 Å². The van der Waals surface area contributed by atoms with E-state index in [1.807, 2.05) is 0 Å². The largest absolute Gasteiger partial charge is 0.480 e. The molecule has 1 aromatic rings. The minimum atomic E-state index is -0.864. The van der Waals surface area contributed by atoms with Crippen LogP contribution in [0.1, 0.15) is 17.7 Å². The Hall–Kier alpha value is -1.69. The van der Waals surface area contributed by atoms with Gasteiger partial charge in [0.05, 0.1) is 6.61 Å². The summed E-state index contributed by atoms with van der Waals surface area (Å²) in [6, 6.07) is 0. The minimum Gasteiger partial charge on any atom is -0.480 e. The number of aryl methyl sites for hydroxylation is 1. The SMILES string of the molecule is COCCN(CC(=O)O)c1ncnc2c1CCC2. The highest BCUT2D eigenvalue weighted by Gasteiger charge is 2.22. The van der Waals surface area contributed by atoms with E-state index >= 15 is 0 Å². The van der Waals surface area contributed by atoms with E-state index in [0.29, 0.717) is 13.2 Å². The topological polar surface area (TPSA) is 75.5 Å². The van der Waals surface area contributed by atoms with E-state index in [9.17, 15) is 4.79 Å². The first-order chi connectivity index (χ1) is 8.72. The van der Waals surface area contributed by atoms with Gasteiger partial charge in [-0.2, -0.15) is 0 Å². The Kier molecular flexibility index (Phi) is 4.09. The number of methoxy groups -OCH3 is 1. The zero-order valence-corrected chi connectivity index (χ0v) is 10.4. The summed E-state index contributed by atoms with van der Waals surface area (Å²) in [7, 11) is 1.60. The van der Waals surface area contributed by atoms with Gasteiger partial charge in [0.25, 0.3) is 0 Å². The van der Waals surface area contributed by atoms with Gasteiger partial charge in [-0.3, -0.25) is 4.79 Å². The second kappa shape index (κ2) is 5.77. The quantitative estimate of drug-likeness (QED) is 0.793. The summed E-state index contributed by atoms with van der Waals surface area (Å²) < 4.78 is 5.02. The normalized spacial score (nSPS) is 13.4. The Morgan fingerprint density at radius 1 is 1.50 bits per heavy atom. The van der Waals surface area contributed by atoms with Crippen molar-refractivity contribution in [2.24, 2.45) is 0 Å².